The van der Waals surface area contributed by atoms with E-state index >= 15 is 0 Å². The Kier molecular flexibility index (Phi) is 7.55. The molecule has 0 radical (unpaired) electrons. The van der Waals surface area contributed by atoms with Gasteiger partial charge in [-0.2, -0.15) is 0 Å². The number of benzene rings is 3. The Hall–Kier alpha value is -2.19. The third kappa shape index (κ3) is 5.40. The van der Waals surface area contributed by atoms with Crippen molar-refractivity contribution >= 4 is 58.0 Å². The van der Waals surface area contributed by atoms with Crippen molar-refractivity contribution in [2.24, 2.45) is 10.7 Å². The number of nitrogens with zero attached hydrogens (tertiary/aromatic N) is 1. The molecular weight excluding hydrogens is 477 g/mol. The summed E-state index contributed by atoms with van der Waals surface area (Å²) >= 11 is 6.11. The highest BCUT2D eigenvalue weighted by atomic mass is 127. The Morgan fingerprint density at radius 2 is 1.74 bits per heavy atom. The summed E-state index contributed by atoms with van der Waals surface area (Å²) in [6, 6.07) is 17.5. The van der Waals surface area contributed by atoms with Crippen molar-refractivity contribution in [2.45, 2.75) is 6.54 Å². The molecule has 0 aliphatic rings. The van der Waals surface area contributed by atoms with Crippen LogP contribution in [-0.4, -0.2) is 20.2 Å². The first-order valence-electron chi connectivity index (χ1n) is 8.06. The van der Waals surface area contributed by atoms with Gasteiger partial charge in [-0.1, -0.05) is 29.8 Å². The second-order valence-electron chi connectivity index (χ2n) is 5.72. The standard InChI is InChI=1S/C20H20ClN3O2.HI/c1-25-17-7-5-14-9-13(3-4-15(14)10-17)12-23-20(22)24-16-6-8-19(26-2)18(21)11-16;/h3-11H,12H2,1-2H3,(H3,22,23,24);1H. The molecule has 3 rings (SSSR count). The smallest absolute Gasteiger partial charge is 0.193 e. The Bertz CT molecular complexity index is 963. The Balaban J connectivity index is 0.00000261. The lowest BCUT2D eigenvalue weighted by Crippen LogP contribution is -2.22. The maximum absolute atomic E-state index is 6.11. The first kappa shape index (κ1) is 21.1. The molecule has 0 saturated carbocycles. The Labute approximate surface area is 180 Å². The minimum absolute atomic E-state index is 0. The largest absolute Gasteiger partial charge is 0.497 e. The first-order chi connectivity index (χ1) is 12.6. The van der Waals surface area contributed by atoms with Crippen molar-refractivity contribution in [3.8, 4) is 11.5 Å². The van der Waals surface area contributed by atoms with E-state index in [1.54, 1.807) is 26.4 Å². The number of ether oxygens (including phenoxy) is 2. The number of methoxy groups -OCH3 is 2. The number of aliphatic imine (C=N–C) groups is 1. The zero-order valence-electron chi connectivity index (χ0n) is 15.0. The van der Waals surface area contributed by atoms with E-state index in [2.05, 4.69) is 22.4 Å². The molecule has 0 aliphatic heterocycles. The molecule has 0 bridgehead atoms. The van der Waals surface area contributed by atoms with Crippen LogP contribution in [0, 0.1) is 0 Å². The predicted molar refractivity (Wildman–Crippen MR) is 123 cm³/mol. The molecule has 3 aromatic rings. The maximum Gasteiger partial charge on any atom is 0.193 e. The molecule has 3 aromatic carbocycles. The van der Waals surface area contributed by atoms with Gasteiger partial charge in [-0.3, -0.25) is 0 Å². The fourth-order valence-electron chi connectivity index (χ4n) is 2.61. The fourth-order valence-corrected chi connectivity index (χ4v) is 2.86. The molecule has 0 aliphatic carbocycles. The summed E-state index contributed by atoms with van der Waals surface area (Å²) in [7, 11) is 3.24. The van der Waals surface area contributed by atoms with Gasteiger partial charge >= 0.3 is 0 Å². The fraction of sp³-hybridized carbons (Fsp3) is 0.150. The van der Waals surface area contributed by atoms with Crippen LogP contribution in [0.25, 0.3) is 10.8 Å². The number of hydrogen-bond acceptors (Lipinski definition) is 3. The van der Waals surface area contributed by atoms with Gasteiger partial charge < -0.3 is 20.5 Å². The number of halogens is 2. The van der Waals surface area contributed by atoms with Crippen LogP contribution in [0.4, 0.5) is 5.69 Å². The molecule has 5 nitrogen and oxygen atoms in total. The van der Waals surface area contributed by atoms with E-state index in [1.807, 2.05) is 30.3 Å². The molecule has 142 valence electrons. The second kappa shape index (κ2) is 9.66. The average Bonchev–Trinajstić information content (AvgIpc) is 2.66. The van der Waals surface area contributed by atoms with Gasteiger partial charge in [0.05, 0.1) is 25.8 Å². The number of anilines is 1. The van der Waals surface area contributed by atoms with E-state index in [0.717, 1.165) is 27.8 Å². The molecule has 27 heavy (non-hydrogen) atoms. The molecule has 0 spiro atoms. The Morgan fingerprint density at radius 3 is 2.44 bits per heavy atom. The Morgan fingerprint density at radius 1 is 1.00 bits per heavy atom. The average molecular weight is 498 g/mol. The van der Waals surface area contributed by atoms with Crippen molar-refractivity contribution in [1.82, 2.24) is 0 Å². The lowest BCUT2D eigenvalue weighted by Gasteiger charge is -2.09. The van der Waals surface area contributed by atoms with E-state index in [9.17, 15) is 0 Å². The molecular formula is C20H21ClIN3O2. The number of hydrogen-bond donors (Lipinski definition) is 2. The highest BCUT2D eigenvalue weighted by Crippen LogP contribution is 2.27. The van der Waals surface area contributed by atoms with Crippen LogP contribution >= 0.6 is 35.6 Å². The highest BCUT2D eigenvalue weighted by molar-refractivity contribution is 14.0. The molecule has 0 heterocycles. The van der Waals surface area contributed by atoms with Crippen molar-refractivity contribution < 1.29 is 9.47 Å². The minimum Gasteiger partial charge on any atom is -0.497 e. The van der Waals surface area contributed by atoms with E-state index in [-0.39, 0.29) is 24.0 Å². The molecule has 0 fully saturated rings. The molecule has 0 unspecified atom stereocenters. The number of rotatable bonds is 5. The van der Waals surface area contributed by atoms with Gasteiger partial charge in [-0.25, -0.2) is 4.99 Å². The van der Waals surface area contributed by atoms with Crippen molar-refractivity contribution in [2.75, 3.05) is 19.5 Å². The lowest BCUT2D eigenvalue weighted by atomic mass is 10.1. The van der Waals surface area contributed by atoms with E-state index < -0.39 is 0 Å². The summed E-state index contributed by atoms with van der Waals surface area (Å²) in [6.07, 6.45) is 0. The molecule has 7 heteroatoms. The van der Waals surface area contributed by atoms with Gasteiger partial charge in [0.25, 0.3) is 0 Å². The topological polar surface area (TPSA) is 68.9 Å². The van der Waals surface area contributed by atoms with Crippen LogP contribution in [0.2, 0.25) is 5.02 Å². The van der Waals surface area contributed by atoms with Gasteiger partial charge in [0.1, 0.15) is 11.5 Å². The van der Waals surface area contributed by atoms with E-state index in [4.69, 9.17) is 26.8 Å². The van der Waals surface area contributed by atoms with E-state index in [0.29, 0.717) is 23.3 Å². The van der Waals surface area contributed by atoms with Crippen LogP contribution in [0.1, 0.15) is 5.56 Å². The number of nitrogens with one attached hydrogen (secondary N) is 1. The summed E-state index contributed by atoms with van der Waals surface area (Å²) in [5.74, 6) is 1.77. The van der Waals surface area contributed by atoms with E-state index in [1.165, 1.54) is 0 Å². The highest BCUT2D eigenvalue weighted by Gasteiger charge is 2.03. The summed E-state index contributed by atoms with van der Waals surface area (Å²) in [5, 5.41) is 5.79. The molecule has 0 atom stereocenters. The van der Waals surface area contributed by atoms with Crippen molar-refractivity contribution in [1.29, 1.82) is 0 Å². The van der Waals surface area contributed by atoms with Crippen LogP contribution < -0.4 is 20.5 Å². The first-order valence-corrected chi connectivity index (χ1v) is 8.44. The molecule has 3 N–H and O–H groups in total. The predicted octanol–water partition coefficient (Wildman–Crippen LogP) is 5.06. The van der Waals surface area contributed by atoms with Gasteiger partial charge in [0.2, 0.25) is 0 Å². The quantitative estimate of drug-likeness (QED) is 0.294. The summed E-state index contributed by atoms with van der Waals surface area (Å²) < 4.78 is 10.4. The van der Waals surface area contributed by atoms with Crippen LogP contribution in [0.3, 0.4) is 0 Å². The maximum atomic E-state index is 6.11. The van der Waals surface area contributed by atoms with Crippen molar-refractivity contribution in [3.05, 3.63) is 65.2 Å². The van der Waals surface area contributed by atoms with Gasteiger partial charge in [0, 0.05) is 5.69 Å². The van der Waals surface area contributed by atoms with Crippen molar-refractivity contribution in [3.63, 3.8) is 0 Å². The summed E-state index contributed by atoms with van der Waals surface area (Å²) in [5.41, 5.74) is 7.79. The summed E-state index contributed by atoms with van der Waals surface area (Å²) in [4.78, 5) is 4.39. The van der Waals surface area contributed by atoms with Crippen LogP contribution in [0.5, 0.6) is 11.5 Å². The monoisotopic (exact) mass is 497 g/mol. The second-order valence-corrected chi connectivity index (χ2v) is 6.13. The third-order valence-electron chi connectivity index (χ3n) is 3.97. The number of fused-ring (bicyclic) bond motifs is 1. The number of guanidine groups is 1. The molecule has 0 aromatic heterocycles. The minimum atomic E-state index is 0. The molecule has 0 saturated heterocycles. The molecule has 0 amide bonds. The zero-order chi connectivity index (χ0) is 18.5. The normalized spacial score (nSPS) is 11.0. The zero-order valence-corrected chi connectivity index (χ0v) is 18.1. The van der Waals surface area contributed by atoms with Gasteiger partial charge in [-0.05, 0) is 52.7 Å². The van der Waals surface area contributed by atoms with Crippen LogP contribution in [-0.2, 0) is 6.54 Å². The summed E-state index contributed by atoms with van der Waals surface area (Å²) in [6.45, 7) is 0.477. The third-order valence-corrected chi connectivity index (χ3v) is 4.26. The number of nitrogens with two attached hydrogens (primary N) is 1. The van der Waals surface area contributed by atoms with Crippen LogP contribution in [0.15, 0.2) is 59.6 Å². The lowest BCUT2D eigenvalue weighted by molar-refractivity contribution is 0.415. The van der Waals surface area contributed by atoms with Gasteiger partial charge in [-0.15, -0.1) is 24.0 Å². The SMILES string of the molecule is COc1ccc2cc(CN=C(N)Nc3ccc(OC)c(Cl)c3)ccc2c1.I. The van der Waals surface area contributed by atoms with Gasteiger partial charge in [0.15, 0.2) is 5.96 Å².